The molecule has 0 aromatic heterocycles. The number of rotatable bonds is 8. The van der Waals surface area contributed by atoms with Gasteiger partial charge in [0.05, 0.1) is 14.2 Å². The maximum Gasteiger partial charge on any atom is 0.253 e. The minimum Gasteiger partial charge on any atom is -0.493 e. The molecular formula is C21H26N2O4. The van der Waals surface area contributed by atoms with Crippen molar-refractivity contribution in [3.63, 3.8) is 0 Å². The van der Waals surface area contributed by atoms with Crippen LogP contribution >= 0.6 is 0 Å². The molecule has 0 aliphatic rings. The highest BCUT2D eigenvalue weighted by molar-refractivity contribution is 5.99. The standard InChI is InChI=1S/C21H26N2O4/c1-5-23(6-2)21(25)17-9-7-8-16(13-17)20(24)22-14-15-10-11-18(26-3)19(12-15)27-4/h7-13H,5-6,14H2,1-4H3,(H,22,24). The van der Waals surface area contributed by atoms with Gasteiger partial charge >= 0.3 is 0 Å². The number of methoxy groups -OCH3 is 2. The molecule has 2 aromatic carbocycles. The number of hydrogen-bond acceptors (Lipinski definition) is 4. The second-order valence-electron chi connectivity index (χ2n) is 5.93. The van der Waals surface area contributed by atoms with Crippen molar-refractivity contribution in [2.24, 2.45) is 0 Å². The van der Waals surface area contributed by atoms with Crippen LogP contribution in [0.4, 0.5) is 0 Å². The number of ether oxygens (including phenoxy) is 2. The van der Waals surface area contributed by atoms with Gasteiger partial charge in [-0.3, -0.25) is 9.59 Å². The molecule has 2 rings (SSSR count). The first kappa shape index (κ1) is 20.3. The molecule has 2 aromatic rings. The Morgan fingerprint density at radius 1 is 0.926 bits per heavy atom. The fourth-order valence-electron chi connectivity index (χ4n) is 2.76. The normalized spacial score (nSPS) is 10.2. The molecule has 0 saturated heterocycles. The van der Waals surface area contributed by atoms with Crippen LogP contribution in [-0.2, 0) is 6.54 Å². The Morgan fingerprint density at radius 3 is 2.22 bits per heavy atom. The lowest BCUT2D eigenvalue weighted by Crippen LogP contribution is -2.30. The van der Waals surface area contributed by atoms with E-state index in [1.165, 1.54) is 0 Å². The van der Waals surface area contributed by atoms with Crippen molar-refractivity contribution in [2.45, 2.75) is 20.4 Å². The molecule has 0 spiro atoms. The summed E-state index contributed by atoms with van der Waals surface area (Å²) in [5, 5.41) is 2.87. The van der Waals surface area contributed by atoms with Crippen molar-refractivity contribution in [2.75, 3.05) is 27.3 Å². The van der Waals surface area contributed by atoms with Crippen LogP contribution < -0.4 is 14.8 Å². The van der Waals surface area contributed by atoms with E-state index >= 15 is 0 Å². The highest BCUT2D eigenvalue weighted by Crippen LogP contribution is 2.27. The fraction of sp³-hybridized carbons (Fsp3) is 0.333. The van der Waals surface area contributed by atoms with Crippen molar-refractivity contribution in [1.29, 1.82) is 0 Å². The zero-order chi connectivity index (χ0) is 19.8. The minimum atomic E-state index is -0.237. The lowest BCUT2D eigenvalue weighted by atomic mass is 10.1. The zero-order valence-electron chi connectivity index (χ0n) is 16.2. The van der Waals surface area contributed by atoms with E-state index in [0.717, 1.165) is 5.56 Å². The van der Waals surface area contributed by atoms with Crippen molar-refractivity contribution in [3.8, 4) is 11.5 Å². The Morgan fingerprint density at radius 2 is 1.59 bits per heavy atom. The van der Waals surface area contributed by atoms with Crippen LogP contribution in [0.2, 0.25) is 0 Å². The topological polar surface area (TPSA) is 67.9 Å². The summed E-state index contributed by atoms with van der Waals surface area (Å²) in [6, 6.07) is 12.3. The van der Waals surface area contributed by atoms with Gasteiger partial charge in [0.2, 0.25) is 0 Å². The largest absolute Gasteiger partial charge is 0.493 e. The second kappa shape index (κ2) is 9.62. The van der Waals surface area contributed by atoms with E-state index in [1.54, 1.807) is 49.5 Å². The molecule has 144 valence electrons. The summed E-state index contributed by atoms with van der Waals surface area (Å²) in [7, 11) is 3.14. The first-order chi connectivity index (χ1) is 13.0. The molecule has 0 aliphatic carbocycles. The van der Waals surface area contributed by atoms with E-state index in [-0.39, 0.29) is 11.8 Å². The van der Waals surface area contributed by atoms with E-state index in [0.29, 0.717) is 42.3 Å². The first-order valence-corrected chi connectivity index (χ1v) is 8.92. The van der Waals surface area contributed by atoms with Gasteiger partial charge in [-0.25, -0.2) is 0 Å². The van der Waals surface area contributed by atoms with E-state index in [4.69, 9.17) is 9.47 Å². The van der Waals surface area contributed by atoms with Gasteiger partial charge in [-0.2, -0.15) is 0 Å². The number of amides is 2. The summed E-state index contributed by atoms with van der Waals surface area (Å²) in [6.07, 6.45) is 0. The van der Waals surface area contributed by atoms with Crippen LogP contribution in [0.3, 0.4) is 0 Å². The molecular weight excluding hydrogens is 344 g/mol. The Balaban J connectivity index is 2.08. The monoisotopic (exact) mass is 370 g/mol. The van der Waals surface area contributed by atoms with Gasteiger partial charge in [-0.15, -0.1) is 0 Å². The van der Waals surface area contributed by atoms with Crippen LogP contribution in [-0.4, -0.2) is 44.0 Å². The fourth-order valence-corrected chi connectivity index (χ4v) is 2.76. The van der Waals surface area contributed by atoms with Gasteiger partial charge in [0.25, 0.3) is 11.8 Å². The third kappa shape index (κ3) is 5.00. The number of nitrogens with zero attached hydrogens (tertiary/aromatic N) is 1. The van der Waals surface area contributed by atoms with Gasteiger partial charge in [-0.1, -0.05) is 12.1 Å². The van der Waals surface area contributed by atoms with Crippen LogP contribution in [0.15, 0.2) is 42.5 Å². The summed E-state index contributed by atoms with van der Waals surface area (Å²) in [6.45, 7) is 5.46. The third-order valence-electron chi connectivity index (χ3n) is 4.32. The molecule has 1 N–H and O–H groups in total. The average molecular weight is 370 g/mol. The number of hydrogen-bond donors (Lipinski definition) is 1. The van der Waals surface area contributed by atoms with Crippen molar-refractivity contribution in [1.82, 2.24) is 10.2 Å². The number of carbonyl (C=O) groups is 2. The Hall–Kier alpha value is -3.02. The summed E-state index contributed by atoms with van der Waals surface area (Å²) < 4.78 is 10.5. The Kier molecular flexibility index (Phi) is 7.23. The van der Waals surface area contributed by atoms with E-state index in [2.05, 4.69) is 5.32 Å². The highest BCUT2D eigenvalue weighted by Gasteiger charge is 2.15. The van der Waals surface area contributed by atoms with Crippen molar-refractivity contribution in [3.05, 3.63) is 59.2 Å². The molecule has 0 aliphatic heterocycles. The minimum absolute atomic E-state index is 0.0745. The van der Waals surface area contributed by atoms with Gasteiger partial charge in [0.1, 0.15) is 0 Å². The SMILES string of the molecule is CCN(CC)C(=O)c1cccc(C(=O)NCc2ccc(OC)c(OC)c2)c1. The zero-order valence-corrected chi connectivity index (χ0v) is 16.2. The second-order valence-corrected chi connectivity index (χ2v) is 5.93. The smallest absolute Gasteiger partial charge is 0.253 e. The van der Waals surface area contributed by atoms with Crippen molar-refractivity contribution < 1.29 is 19.1 Å². The predicted molar refractivity (Wildman–Crippen MR) is 104 cm³/mol. The van der Waals surface area contributed by atoms with Crippen molar-refractivity contribution >= 4 is 11.8 Å². The Labute approximate surface area is 160 Å². The molecule has 6 nitrogen and oxygen atoms in total. The maximum absolute atomic E-state index is 12.5. The first-order valence-electron chi connectivity index (χ1n) is 8.92. The number of nitrogens with one attached hydrogen (secondary N) is 1. The molecule has 6 heteroatoms. The van der Waals surface area contributed by atoms with Crippen LogP contribution in [0, 0.1) is 0 Å². The summed E-state index contributed by atoms with van der Waals surface area (Å²) in [4.78, 5) is 26.7. The summed E-state index contributed by atoms with van der Waals surface area (Å²) >= 11 is 0. The number of benzene rings is 2. The quantitative estimate of drug-likeness (QED) is 0.775. The van der Waals surface area contributed by atoms with E-state index < -0.39 is 0 Å². The van der Waals surface area contributed by atoms with Gasteiger partial charge in [0.15, 0.2) is 11.5 Å². The Bertz CT molecular complexity index is 801. The molecule has 2 amide bonds. The highest BCUT2D eigenvalue weighted by atomic mass is 16.5. The molecule has 0 fully saturated rings. The molecule has 0 atom stereocenters. The maximum atomic E-state index is 12.5. The van der Waals surface area contributed by atoms with Crippen LogP contribution in [0.5, 0.6) is 11.5 Å². The predicted octanol–water partition coefficient (Wildman–Crippen LogP) is 3.12. The lowest BCUT2D eigenvalue weighted by molar-refractivity contribution is 0.0773. The van der Waals surface area contributed by atoms with Gasteiger partial charge in [-0.05, 0) is 49.7 Å². The summed E-state index contributed by atoms with van der Waals surface area (Å²) in [5.41, 5.74) is 1.85. The van der Waals surface area contributed by atoms with Gasteiger partial charge in [0, 0.05) is 30.8 Å². The molecule has 0 heterocycles. The number of carbonyl (C=O) groups excluding carboxylic acids is 2. The molecule has 0 bridgehead atoms. The lowest BCUT2D eigenvalue weighted by Gasteiger charge is -2.18. The molecule has 0 radical (unpaired) electrons. The van der Waals surface area contributed by atoms with Crippen LogP contribution in [0.25, 0.3) is 0 Å². The molecule has 0 unspecified atom stereocenters. The molecule has 27 heavy (non-hydrogen) atoms. The van der Waals surface area contributed by atoms with E-state index in [1.807, 2.05) is 26.0 Å². The third-order valence-corrected chi connectivity index (χ3v) is 4.32. The molecule has 0 saturated carbocycles. The van der Waals surface area contributed by atoms with E-state index in [9.17, 15) is 9.59 Å². The van der Waals surface area contributed by atoms with Gasteiger partial charge < -0.3 is 19.7 Å². The van der Waals surface area contributed by atoms with Crippen LogP contribution in [0.1, 0.15) is 40.1 Å². The summed E-state index contributed by atoms with van der Waals surface area (Å²) in [5.74, 6) is 0.930. The average Bonchev–Trinajstić information content (AvgIpc) is 2.72.